The van der Waals surface area contributed by atoms with Crippen molar-refractivity contribution < 1.29 is 0 Å². The first-order valence-corrected chi connectivity index (χ1v) is 9.68. The van der Waals surface area contributed by atoms with Crippen LogP contribution in [0.2, 0.25) is 6.04 Å². The van der Waals surface area contributed by atoms with Crippen molar-refractivity contribution in [3.8, 4) is 0 Å². The molecule has 0 aliphatic rings. The van der Waals surface area contributed by atoms with E-state index < -0.39 is 0 Å². The Bertz CT molecular complexity index is 172. The smallest absolute Gasteiger partial charge is 0.0422 e. The monoisotopic (exact) mass is 166 g/mol. The van der Waals surface area contributed by atoms with Crippen LogP contribution < -0.4 is 5.19 Å². The third-order valence-electron chi connectivity index (χ3n) is 1.66. The zero-order valence-electron chi connectivity index (χ0n) is 6.51. The molecule has 0 nitrogen and oxygen atoms in total. The first-order valence-electron chi connectivity index (χ1n) is 3.97. The van der Waals surface area contributed by atoms with Crippen LogP contribution in [0.15, 0.2) is 30.3 Å². The van der Waals surface area contributed by atoms with Crippen LogP contribution in [-0.4, -0.2) is 18.1 Å². The molecule has 0 saturated heterocycles. The Hall–Kier alpha value is -0.346. The maximum absolute atomic E-state index is 2.32. The van der Waals surface area contributed by atoms with E-state index in [4.69, 9.17) is 0 Å². The van der Waals surface area contributed by atoms with Gasteiger partial charge in [-0.25, -0.2) is 0 Å². The van der Waals surface area contributed by atoms with Crippen LogP contribution in [0.25, 0.3) is 0 Å². The van der Waals surface area contributed by atoms with E-state index in [1.807, 2.05) is 0 Å². The summed E-state index contributed by atoms with van der Waals surface area (Å²) in [5.41, 5.74) is 0. The van der Waals surface area contributed by atoms with E-state index in [2.05, 4.69) is 37.3 Å². The minimum atomic E-state index is 0.227. The van der Waals surface area contributed by atoms with Crippen LogP contribution in [0.3, 0.4) is 0 Å². The minimum Gasteiger partial charge on any atom is -0.0701 e. The number of benzene rings is 1. The van der Waals surface area contributed by atoms with Crippen molar-refractivity contribution in [3.05, 3.63) is 30.3 Å². The highest BCUT2D eigenvalue weighted by Crippen LogP contribution is 1.81. The Balaban J connectivity index is 2.43. The van der Waals surface area contributed by atoms with Gasteiger partial charge in [-0.05, 0) is 0 Å². The third kappa shape index (κ3) is 2.50. The van der Waals surface area contributed by atoms with Crippen molar-refractivity contribution in [2.75, 3.05) is 0 Å². The molecular formula is C8H14Si2. The van der Waals surface area contributed by atoms with E-state index in [9.17, 15) is 0 Å². The molecule has 2 heteroatoms. The lowest BCUT2D eigenvalue weighted by Crippen LogP contribution is -2.19. The van der Waals surface area contributed by atoms with Gasteiger partial charge in [-0.3, -0.25) is 0 Å². The molecule has 0 atom stereocenters. The second-order valence-corrected chi connectivity index (χ2v) is 9.23. The molecule has 0 aliphatic heterocycles. The zero-order chi connectivity index (χ0) is 7.23. The summed E-state index contributed by atoms with van der Waals surface area (Å²) in [6.07, 6.45) is 0. The summed E-state index contributed by atoms with van der Waals surface area (Å²) >= 11 is 0. The number of hydrogen-bond donors (Lipinski definition) is 0. The van der Waals surface area contributed by atoms with Gasteiger partial charge < -0.3 is 0 Å². The lowest BCUT2D eigenvalue weighted by atomic mass is 10.4. The van der Waals surface area contributed by atoms with Crippen molar-refractivity contribution in [2.24, 2.45) is 0 Å². The van der Waals surface area contributed by atoms with Gasteiger partial charge in [-0.15, -0.1) is 0 Å². The highest BCUT2D eigenvalue weighted by molar-refractivity contribution is 7.07. The van der Waals surface area contributed by atoms with Gasteiger partial charge in [0.25, 0.3) is 0 Å². The molecule has 0 aromatic heterocycles. The van der Waals surface area contributed by atoms with Crippen molar-refractivity contribution in [1.29, 1.82) is 0 Å². The van der Waals surface area contributed by atoms with E-state index in [1.54, 1.807) is 5.19 Å². The van der Waals surface area contributed by atoms with Crippen molar-refractivity contribution >= 4 is 23.3 Å². The van der Waals surface area contributed by atoms with Gasteiger partial charge in [0.2, 0.25) is 0 Å². The van der Waals surface area contributed by atoms with Crippen LogP contribution in [0.5, 0.6) is 0 Å². The zero-order valence-corrected chi connectivity index (χ0v) is 9.34. The standard InChI is InChI=1S/C8H14Si2/c1-2-9-10-8-6-4-3-5-7-8/h3-7H,2,9-10H2,1H3. The molecule has 1 aromatic carbocycles. The molecule has 0 bridgehead atoms. The minimum absolute atomic E-state index is 0.227. The fraction of sp³-hybridized carbons (Fsp3) is 0.250. The molecule has 0 N–H and O–H groups in total. The fourth-order valence-corrected chi connectivity index (χ4v) is 5.68. The summed E-state index contributed by atoms with van der Waals surface area (Å²) in [7, 11) is 0.590. The summed E-state index contributed by atoms with van der Waals surface area (Å²) in [4.78, 5) is 0. The molecule has 54 valence electrons. The molecule has 0 saturated carbocycles. The normalized spacial score (nSPS) is 12.1. The van der Waals surface area contributed by atoms with Crippen LogP contribution in [0.1, 0.15) is 6.92 Å². The Labute approximate surface area is 67.1 Å². The number of hydrogen-bond acceptors (Lipinski definition) is 0. The SMILES string of the molecule is CC[SiH2][SiH2]c1ccccc1. The Morgan fingerprint density at radius 3 is 2.50 bits per heavy atom. The molecule has 0 unspecified atom stereocenters. The predicted molar refractivity (Wildman–Crippen MR) is 53.6 cm³/mol. The molecule has 1 aromatic rings. The topological polar surface area (TPSA) is 0 Å². The average molecular weight is 166 g/mol. The maximum Gasteiger partial charge on any atom is 0.0422 e. The van der Waals surface area contributed by atoms with Gasteiger partial charge >= 0.3 is 0 Å². The first-order chi connectivity index (χ1) is 4.93. The van der Waals surface area contributed by atoms with Crippen LogP contribution >= 0.6 is 0 Å². The summed E-state index contributed by atoms with van der Waals surface area (Å²) in [5, 5.41) is 1.66. The van der Waals surface area contributed by atoms with E-state index in [1.165, 1.54) is 6.04 Å². The molecule has 0 radical (unpaired) electrons. The molecule has 0 amide bonds. The first kappa shape index (κ1) is 7.76. The maximum atomic E-state index is 2.32. The summed E-state index contributed by atoms with van der Waals surface area (Å²) in [5.74, 6) is 0. The highest BCUT2D eigenvalue weighted by atomic mass is 29.1. The lowest BCUT2D eigenvalue weighted by molar-refractivity contribution is 1.47. The molecular weight excluding hydrogens is 152 g/mol. The molecule has 0 heterocycles. The molecule has 0 aliphatic carbocycles. The van der Waals surface area contributed by atoms with Gasteiger partial charge in [0.05, 0.1) is 0 Å². The van der Waals surface area contributed by atoms with Crippen LogP contribution in [-0.2, 0) is 0 Å². The predicted octanol–water partition coefficient (Wildman–Crippen LogP) is 0.00270. The van der Waals surface area contributed by atoms with E-state index in [0.29, 0.717) is 9.04 Å². The van der Waals surface area contributed by atoms with Gasteiger partial charge in [-0.2, -0.15) is 0 Å². The summed E-state index contributed by atoms with van der Waals surface area (Å²) in [6.45, 7) is 2.32. The average Bonchev–Trinajstić information content (AvgIpc) is 2.03. The van der Waals surface area contributed by atoms with E-state index >= 15 is 0 Å². The van der Waals surface area contributed by atoms with Gasteiger partial charge in [-0.1, -0.05) is 48.5 Å². The fourth-order valence-electron chi connectivity index (χ4n) is 1.03. The van der Waals surface area contributed by atoms with Crippen molar-refractivity contribution in [3.63, 3.8) is 0 Å². The Morgan fingerprint density at radius 2 is 1.90 bits per heavy atom. The molecule has 0 fully saturated rings. The summed E-state index contributed by atoms with van der Waals surface area (Å²) in [6, 6.07) is 12.5. The van der Waals surface area contributed by atoms with Gasteiger partial charge in [0.1, 0.15) is 0 Å². The third-order valence-corrected chi connectivity index (χ3v) is 8.69. The van der Waals surface area contributed by atoms with Gasteiger partial charge in [0.15, 0.2) is 0 Å². The quantitative estimate of drug-likeness (QED) is 0.555. The number of rotatable bonds is 3. The van der Waals surface area contributed by atoms with Gasteiger partial charge in [0, 0.05) is 18.1 Å². The molecule has 0 spiro atoms. The second kappa shape index (κ2) is 4.47. The van der Waals surface area contributed by atoms with Crippen LogP contribution in [0, 0.1) is 0 Å². The van der Waals surface area contributed by atoms with Crippen molar-refractivity contribution in [1.82, 2.24) is 0 Å². The second-order valence-electron chi connectivity index (χ2n) is 2.59. The Kier molecular flexibility index (Phi) is 3.46. The summed E-state index contributed by atoms with van der Waals surface area (Å²) < 4.78 is 0. The van der Waals surface area contributed by atoms with Crippen LogP contribution in [0.4, 0.5) is 0 Å². The van der Waals surface area contributed by atoms with E-state index in [-0.39, 0.29) is 9.04 Å². The largest absolute Gasteiger partial charge is 0.0701 e. The molecule has 1 rings (SSSR count). The Morgan fingerprint density at radius 1 is 1.20 bits per heavy atom. The molecule has 10 heavy (non-hydrogen) atoms. The lowest BCUT2D eigenvalue weighted by Gasteiger charge is -1.94. The van der Waals surface area contributed by atoms with Crippen molar-refractivity contribution in [2.45, 2.75) is 13.0 Å². The van der Waals surface area contributed by atoms with E-state index in [0.717, 1.165) is 0 Å². The highest BCUT2D eigenvalue weighted by Gasteiger charge is 1.89.